The minimum Gasteiger partial charge on any atom is -0.313 e. The van der Waals surface area contributed by atoms with Crippen LogP contribution in [-0.2, 0) is 0 Å². The van der Waals surface area contributed by atoms with Crippen molar-refractivity contribution in [1.29, 1.82) is 0 Å². The standard InChI is InChI=1S/C13H22N2/c1-5-11(6-2)13(14-4)12-7-10(3)8-15-9-12/h7-9,11,13-14H,5-6H2,1-4H3. The average molecular weight is 206 g/mol. The minimum atomic E-state index is 0.437. The fourth-order valence-corrected chi connectivity index (χ4v) is 2.18. The van der Waals surface area contributed by atoms with E-state index in [1.165, 1.54) is 24.0 Å². The molecule has 0 aliphatic rings. The lowest BCUT2D eigenvalue weighted by Crippen LogP contribution is -2.24. The summed E-state index contributed by atoms with van der Waals surface area (Å²) in [5.74, 6) is 0.693. The maximum absolute atomic E-state index is 4.26. The summed E-state index contributed by atoms with van der Waals surface area (Å²) < 4.78 is 0. The van der Waals surface area contributed by atoms with E-state index in [4.69, 9.17) is 0 Å². The number of aromatic nitrogens is 1. The van der Waals surface area contributed by atoms with Crippen LogP contribution in [0.2, 0.25) is 0 Å². The monoisotopic (exact) mass is 206 g/mol. The third-order valence-electron chi connectivity index (χ3n) is 3.09. The fourth-order valence-electron chi connectivity index (χ4n) is 2.18. The second-order valence-electron chi connectivity index (χ2n) is 4.14. The van der Waals surface area contributed by atoms with Crippen LogP contribution in [0, 0.1) is 12.8 Å². The first-order valence-corrected chi connectivity index (χ1v) is 5.81. The number of hydrogen-bond acceptors (Lipinski definition) is 2. The Bertz CT molecular complexity index is 292. The van der Waals surface area contributed by atoms with Crippen molar-refractivity contribution in [2.45, 2.75) is 39.7 Å². The number of pyridine rings is 1. The van der Waals surface area contributed by atoms with Crippen molar-refractivity contribution in [3.8, 4) is 0 Å². The Labute approximate surface area is 93.1 Å². The highest BCUT2D eigenvalue weighted by Gasteiger charge is 2.18. The maximum atomic E-state index is 4.26. The van der Waals surface area contributed by atoms with Crippen LogP contribution in [0.1, 0.15) is 43.9 Å². The van der Waals surface area contributed by atoms with E-state index >= 15 is 0 Å². The van der Waals surface area contributed by atoms with E-state index in [0.29, 0.717) is 12.0 Å². The largest absolute Gasteiger partial charge is 0.313 e. The van der Waals surface area contributed by atoms with Gasteiger partial charge in [-0.15, -0.1) is 0 Å². The summed E-state index contributed by atoms with van der Waals surface area (Å²) in [5, 5.41) is 3.41. The van der Waals surface area contributed by atoms with Gasteiger partial charge in [0, 0.05) is 18.4 Å². The second-order valence-corrected chi connectivity index (χ2v) is 4.14. The number of rotatable bonds is 5. The average Bonchev–Trinajstić information content (AvgIpc) is 2.25. The first kappa shape index (κ1) is 12.2. The highest BCUT2D eigenvalue weighted by molar-refractivity contribution is 5.20. The number of hydrogen-bond donors (Lipinski definition) is 1. The Morgan fingerprint density at radius 3 is 2.40 bits per heavy atom. The van der Waals surface area contributed by atoms with Gasteiger partial charge in [0.05, 0.1) is 0 Å². The van der Waals surface area contributed by atoms with E-state index < -0.39 is 0 Å². The summed E-state index contributed by atoms with van der Waals surface area (Å²) in [5.41, 5.74) is 2.55. The zero-order valence-electron chi connectivity index (χ0n) is 10.2. The first-order valence-electron chi connectivity index (χ1n) is 5.81. The van der Waals surface area contributed by atoms with Gasteiger partial charge in [0.1, 0.15) is 0 Å². The van der Waals surface area contributed by atoms with Crippen molar-refractivity contribution >= 4 is 0 Å². The van der Waals surface area contributed by atoms with Gasteiger partial charge in [0.15, 0.2) is 0 Å². The Morgan fingerprint density at radius 2 is 1.93 bits per heavy atom. The Hall–Kier alpha value is -0.890. The Kier molecular flexibility index (Phi) is 4.76. The maximum Gasteiger partial charge on any atom is 0.0361 e. The van der Waals surface area contributed by atoms with Gasteiger partial charge in [-0.2, -0.15) is 0 Å². The van der Waals surface area contributed by atoms with Gasteiger partial charge in [-0.05, 0) is 31.0 Å². The molecule has 0 saturated carbocycles. The Balaban J connectivity index is 2.90. The molecule has 0 amide bonds. The van der Waals surface area contributed by atoms with E-state index in [-0.39, 0.29) is 0 Å². The summed E-state index contributed by atoms with van der Waals surface area (Å²) in [7, 11) is 2.03. The molecular formula is C13H22N2. The summed E-state index contributed by atoms with van der Waals surface area (Å²) >= 11 is 0. The van der Waals surface area contributed by atoms with Crippen LogP contribution in [-0.4, -0.2) is 12.0 Å². The van der Waals surface area contributed by atoms with Crippen LogP contribution in [0.3, 0.4) is 0 Å². The van der Waals surface area contributed by atoms with Gasteiger partial charge in [-0.25, -0.2) is 0 Å². The molecule has 15 heavy (non-hydrogen) atoms. The molecule has 2 heteroatoms. The van der Waals surface area contributed by atoms with E-state index in [1.54, 1.807) is 0 Å². The molecule has 1 aromatic heterocycles. The molecule has 1 N–H and O–H groups in total. The third-order valence-corrected chi connectivity index (χ3v) is 3.09. The van der Waals surface area contributed by atoms with Crippen molar-refractivity contribution in [1.82, 2.24) is 10.3 Å². The van der Waals surface area contributed by atoms with Crippen LogP contribution in [0.4, 0.5) is 0 Å². The highest BCUT2D eigenvalue weighted by atomic mass is 14.9. The molecule has 1 unspecified atom stereocenters. The molecule has 0 aromatic carbocycles. The van der Waals surface area contributed by atoms with Gasteiger partial charge in [0.2, 0.25) is 0 Å². The molecule has 0 spiro atoms. The highest BCUT2D eigenvalue weighted by Crippen LogP contribution is 2.26. The van der Waals surface area contributed by atoms with E-state index in [9.17, 15) is 0 Å². The molecule has 1 heterocycles. The van der Waals surface area contributed by atoms with Crippen molar-refractivity contribution in [3.63, 3.8) is 0 Å². The van der Waals surface area contributed by atoms with Crippen molar-refractivity contribution in [2.24, 2.45) is 5.92 Å². The molecular weight excluding hydrogens is 184 g/mol. The van der Waals surface area contributed by atoms with Crippen molar-refractivity contribution in [3.05, 3.63) is 29.6 Å². The van der Waals surface area contributed by atoms with Gasteiger partial charge in [-0.1, -0.05) is 32.8 Å². The number of nitrogens with zero attached hydrogens (tertiary/aromatic N) is 1. The third kappa shape index (κ3) is 3.03. The number of nitrogens with one attached hydrogen (secondary N) is 1. The molecule has 0 saturated heterocycles. The van der Waals surface area contributed by atoms with Gasteiger partial charge < -0.3 is 5.32 Å². The molecule has 1 atom stereocenters. The molecule has 1 rings (SSSR count). The summed E-state index contributed by atoms with van der Waals surface area (Å²) in [6, 6.07) is 2.67. The fraction of sp³-hybridized carbons (Fsp3) is 0.615. The number of aryl methyl sites for hydroxylation is 1. The zero-order chi connectivity index (χ0) is 11.3. The molecule has 0 bridgehead atoms. The molecule has 0 radical (unpaired) electrons. The van der Waals surface area contributed by atoms with Crippen LogP contribution >= 0.6 is 0 Å². The van der Waals surface area contributed by atoms with Gasteiger partial charge in [0.25, 0.3) is 0 Å². The summed E-state index contributed by atoms with van der Waals surface area (Å²) in [4.78, 5) is 4.26. The zero-order valence-corrected chi connectivity index (χ0v) is 10.2. The van der Waals surface area contributed by atoms with E-state index in [2.05, 4.69) is 37.1 Å². The summed E-state index contributed by atoms with van der Waals surface area (Å²) in [6.45, 7) is 6.60. The summed E-state index contributed by atoms with van der Waals surface area (Å²) in [6.07, 6.45) is 6.29. The molecule has 1 aromatic rings. The lowest BCUT2D eigenvalue weighted by atomic mass is 9.89. The predicted octanol–water partition coefficient (Wildman–Crippen LogP) is 3.09. The van der Waals surface area contributed by atoms with Crippen LogP contribution < -0.4 is 5.32 Å². The van der Waals surface area contributed by atoms with Crippen LogP contribution in [0.25, 0.3) is 0 Å². The smallest absolute Gasteiger partial charge is 0.0361 e. The quantitative estimate of drug-likeness (QED) is 0.800. The normalized spacial score (nSPS) is 13.1. The van der Waals surface area contributed by atoms with E-state index in [0.717, 1.165) is 0 Å². The molecule has 0 aliphatic carbocycles. The second kappa shape index (κ2) is 5.86. The van der Waals surface area contributed by atoms with Crippen molar-refractivity contribution < 1.29 is 0 Å². The topological polar surface area (TPSA) is 24.9 Å². The van der Waals surface area contributed by atoms with Gasteiger partial charge >= 0.3 is 0 Å². The molecule has 0 fully saturated rings. The van der Waals surface area contributed by atoms with Gasteiger partial charge in [-0.3, -0.25) is 4.98 Å². The lowest BCUT2D eigenvalue weighted by molar-refractivity contribution is 0.359. The Morgan fingerprint density at radius 1 is 1.27 bits per heavy atom. The van der Waals surface area contributed by atoms with Crippen molar-refractivity contribution in [2.75, 3.05) is 7.05 Å². The molecule has 2 nitrogen and oxygen atoms in total. The van der Waals surface area contributed by atoms with Crippen LogP contribution in [0.15, 0.2) is 18.5 Å². The minimum absolute atomic E-state index is 0.437. The first-order chi connectivity index (χ1) is 7.22. The van der Waals surface area contributed by atoms with Crippen LogP contribution in [0.5, 0.6) is 0 Å². The predicted molar refractivity (Wildman–Crippen MR) is 64.8 cm³/mol. The van der Waals surface area contributed by atoms with E-state index in [1.807, 2.05) is 19.4 Å². The molecule has 0 aliphatic heterocycles. The SMILES string of the molecule is CCC(CC)C(NC)c1cncc(C)c1. The lowest BCUT2D eigenvalue weighted by Gasteiger charge is -2.25. The molecule has 84 valence electrons.